The second-order valence-corrected chi connectivity index (χ2v) is 6.05. The van der Waals surface area contributed by atoms with Crippen LogP contribution in [0.3, 0.4) is 0 Å². The van der Waals surface area contributed by atoms with Crippen LogP contribution in [0, 0.1) is 11.3 Å². The molecule has 1 fully saturated rings. The molecular formula is C13H16NO6P. The number of ether oxygens (including phenoxy) is 2. The third-order valence-electron chi connectivity index (χ3n) is 2.89. The number of hydrogen-bond acceptors (Lipinski definition) is 7. The molecule has 0 spiro atoms. The minimum atomic E-state index is -3.73. The highest BCUT2D eigenvalue weighted by Crippen LogP contribution is 2.52. The van der Waals surface area contributed by atoms with E-state index in [1.165, 1.54) is 14.2 Å². The lowest BCUT2D eigenvalue weighted by atomic mass is 10.1. The van der Waals surface area contributed by atoms with E-state index in [-0.39, 0.29) is 0 Å². The van der Waals surface area contributed by atoms with E-state index in [9.17, 15) is 4.57 Å². The third-order valence-corrected chi connectivity index (χ3v) is 4.24. The number of nitriles is 1. The van der Waals surface area contributed by atoms with Gasteiger partial charge in [0.25, 0.3) is 0 Å². The molecule has 1 aromatic rings. The molecule has 1 heterocycles. The van der Waals surface area contributed by atoms with Crippen molar-refractivity contribution in [2.75, 3.05) is 20.8 Å². The van der Waals surface area contributed by atoms with Crippen molar-refractivity contribution in [1.82, 2.24) is 0 Å². The van der Waals surface area contributed by atoms with Gasteiger partial charge < -0.3 is 9.47 Å². The lowest BCUT2D eigenvalue weighted by Gasteiger charge is -2.31. The highest BCUT2D eigenvalue weighted by atomic mass is 31.2. The van der Waals surface area contributed by atoms with Crippen molar-refractivity contribution in [3.63, 3.8) is 0 Å². The topological polar surface area (TPSA) is 87.0 Å². The fraction of sp³-hybridized carbons (Fsp3) is 0.462. The molecule has 0 radical (unpaired) electrons. The Bertz CT molecular complexity index is 560. The molecule has 0 bridgehead atoms. The van der Waals surface area contributed by atoms with Crippen molar-refractivity contribution in [2.45, 2.75) is 19.0 Å². The zero-order valence-electron chi connectivity index (χ0n) is 11.7. The van der Waals surface area contributed by atoms with Crippen molar-refractivity contribution >= 4 is 7.82 Å². The molecule has 0 aromatic heterocycles. The predicted octanol–water partition coefficient (Wildman–Crippen LogP) is 2.74. The first-order valence-electron chi connectivity index (χ1n) is 6.27. The van der Waals surface area contributed by atoms with Crippen molar-refractivity contribution in [3.8, 4) is 6.07 Å². The summed E-state index contributed by atoms with van der Waals surface area (Å²) in [6.07, 6.45) is -0.751. The average molecular weight is 313 g/mol. The molecule has 2 unspecified atom stereocenters. The fourth-order valence-electron chi connectivity index (χ4n) is 1.66. The largest absolute Gasteiger partial charge is 0.476 e. The molecule has 1 aliphatic heterocycles. The van der Waals surface area contributed by atoms with Gasteiger partial charge in [-0.25, -0.2) is 4.57 Å². The maximum absolute atomic E-state index is 12.1. The van der Waals surface area contributed by atoms with Gasteiger partial charge >= 0.3 is 7.82 Å². The van der Waals surface area contributed by atoms with E-state index >= 15 is 0 Å². The number of benzene rings is 1. The van der Waals surface area contributed by atoms with E-state index in [2.05, 4.69) is 0 Å². The standard InChI is InChI=1S/C13H16NO6P/c1-16-21(15,17-2)20-13(19-12-6-7-18-12)11-5-3-4-10(8-11)9-14/h3-5,8,12-13H,6-7H2,1-2H3. The van der Waals surface area contributed by atoms with Crippen molar-refractivity contribution in [2.24, 2.45) is 0 Å². The first-order chi connectivity index (χ1) is 10.1. The van der Waals surface area contributed by atoms with E-state index in [4.69, 9.17) is 28.3 Å². The summed E-state index contributed by atoms with van der Waals surface area (Å²) in [5.74, 6) is 0. The molecule has 0 amide bonds. The van der Waals surface area contributed by atoms with E-state index in [0.29, 0.717) is 24.2 Å². The molecule has 1 aromatic carbocycles. The van der Waals surface area contributed by atoms with Gasteiger partial charge in [-0.05, 0) is 12.1 Å². The van der Waals surface area contributed by atoms with Gasteiger partial charge in [0.05, 0.1) is 18.2 Å². The summed E-state index contributed by atoms with van der Waals surface area (Å²) in [6.45, 7) is 0.599. The molecule has 8 heteroatoms. The minimum absolute atomic E-state index is 0.434. The number of rotatable bonds is 7. The molecule has 21 heavy (non-hydrogen) atoms. The Hall–Kier alpha value is -1.26. The maximum atomic E-state index is 12.1. The number of phosphoric acid groups is 1. The lowest BCUT2D eigenvalue weighted by molar-refractivity contribution is -0.275. The SMILES string of the molecule is COP(=O)(OC)OC(OC1CCO1)c1cccc(C#N)c1. The minimum Gasteiger partial charge on any atom is -0.352 e. The molecule has 1 saturated heterocycles. The van der Waals surface area contributed by atoms with E-state index in [0.717, 1.165) is 0 Å². The van der Waals surface area contributed by atoms with Crippen molar-refractivity contribution in [3.05, 3.63) is 35.4 Å². The Morgan fingerprint density at radius 3 is 2.67 bits per heavy atom. The number of phosphoric ester groups is 1. The second kappa shape index (κ2) is 7.14. The normalized spacial score (nSPS) is 19.6. The van der Waals surface area contributed by atoms with Gasteiger partial charge in [0.1, 0.15) is 0 Å². The average Bonchev–Trinajstić information content (AvgIpc) is 2.49. The number of hydrogen-bond donors (Lipinski definition) is 0. The molecule has 1 aliphatic rings. The second-order valence-electron chi connectivity index (χ2n) is 4.21. The van der Waals surface area contributed by atoms with Crippen molar-refractivity contribution < 1.29 is 27.6 Å². The van der Waals surface area contributed by atoms with Crippen LogP contribution in [0.1, 0.15) is 23.8 Å². The Labute approximate surface area is 122 Å². The maximum Gasteiger partial charge on any atom is 0.476 e. The first kappa shape index (κ1) is 16.1. The highest BCUT2D eigenvalue weighted by Gasteiger charge is 2.33. The van der Waals surface area contributed by atoms with Gasteiger partial charge in [-0.15, -0.1) is 0 Å². The van der Waals surface area contributed by atoms with Crippen LogP contribution in [0.4, 0.5) is 0 Å². The van der Waals surface area contributed by atoms with Gasteiger partial charge in [0.15, 0.2) is 12.6 Å². The lowest BCUT2D eigenvalue weighted by Crippen LogP contribution is -2.31. The Kier molecular flexibility index (Phi) is 5.48. The van der Waals surface area contributed by atoms with Gasteiger partial charge in [-0.3, -0.25) is 13.6 Å². The van der Waals surface area contributed by atoms with E-state index in [1.807, 2.05) is 6.07 Å². The summed E-state index contributed by atoms with van der Waals surface area (Å²) in [7, 11) is -1.30. The molecule has 114 valence electrons. The quantitative estimate of drug-likeness (QED) is 0.565. The van der Waals surface area contributed by atoms with E-state index in [1.54, 1.807) is 24.3 Å². The van der Waals surface area contributed by atoms with Gasteiger partial charge in [0, 0.05) is 26.2 Å². The Morgan fingerprint density at radius 1 is 1.43 bits per heavy atom. The van der Waals surface area contributed by atoms with Crippen LogP contribution in [0.2, 0.25) is 0 Å². The summed E-state index contributed by atoms with van der Waals surface area (Å²) in [4.78, 5) is 0. The van der Waals surface area contributed by atoms with Gasteiger partial charge in [-0.2, -0.15) is 5.26 Å². The van der Waals surface area contributed by atoms with Crippen LogP contribution in [-0.4, -0.2) is 27.1 Å². The predicted molar refractivity (Wildman–Crippen MR) is 72.0 cm³/mol. The molecule has 0 aliphatic carbocycles. The third kappa shape index (κ3) is 4.11. The molecule has 2 rings (SSSR count). The summed E-state index contributed by atoms with van der Waals surface area (Å²) in [5.41, 5.74) is 0.961. The van der Waals surface area contributed by atoms with Gasteiger partial charge in [-0.1, -0.05) is 12.1 Å². The summed E-state index contributed by atoms with van der Waals surface area (Å²) < 4.78 is 37.7. The van der Waals surface area contributed by atoms with Crippen LogP contribution in [0.15, 0.2) is 24.3 Å². The molecule has 2 atom stereocenters. The molecular weight excluding hydrogens is 297 g/mol. The smallest absolute Gasteiger partial charge is 0.352 e. The fourth-order valence-corrected chi connectivity index (χ4v) is 2.38. The first-order valence-corrected chi connectivity index (χ1v) is 7.73. The molecule has 0 saturated carbocycles. The Morgan fingerprint density at radius 2 is 2.14 bits per heavy atom. The van der Waals surface area contributed by atoms with Crippen LogP contribution in [-0.2, 0) is 27.6 Å². The zero-order chi connectivity index (χ0) is 15.3. The summed E-state index contributed by atoms with van der Waals surface area (Å²) in [5, 5.41) is 8.95. The zero-order valence-corrected chi connectivity index (χ0v) is 12.6. The highest BCUT2D eigenvalue weighted by molar-refractivity contribution is 7.48. The van der Waals surface area contributed by atoms with Crippen molar-refractivity contribution in [1.29, 1.82) is 5.26 Å². The van der Waals surface area contributed by atoms with Crippen LogP contribution >= 0.6 is 7.82 Å². The molecule has 0 N–H and O–H groups in total. The monoisotopic (exact) mass is 313 g/mol. The van der Waals surface area contributed by atoms with Crippen LogP contribution < -0.4 is 0 Å². The summed E-state index contributed by atoms with van der Waals surface area (Å²) in [6, 6.07) is 8.62. The van der Waals surface area contributed by atoms with Gasteiger partial charge in [0.2, 0.25) is 0 Å². The van der Waals surface area contributed by atoms with Crippen LogP contribution in [0.5, 0.6) is 0 Å². The van der Waals surface area contributed by atoms with E-state index < -0.39 is 20.4 Å². The Balaban J connectivity index is 2.22. The van der Waals surface area contributed by atoms with Crippen LogP contribution in [0.25, 0.3) is 0 Å². The summed E-state index contributed by atoms with van der Waals surface area (Å²) >= 11 is 0. The number of nitrogens with zero attached hydrogens (tertiary/aromatic N) is 1. The molecule has 7 nitrogen and oxygen atoms in total.